The first kappa shape index (κ1) is 24.8. The molecular weight excluding hydrogens is 444 g/mol. The van der Waals surface area contributed by atoms with Gasteiger partial charge in [0.1, 0.15) is 12.6 Å². The zero-order chi connectivity index (χ0) is 25.2. The molecule has 0 bridgehead atoms. The molecule has 4 rings (SSSR count). The van der Waals surface area contributed by atoms with Crippen LogP contribution in [0.15, 0.2) is 48.5 Å². The monoisotopic (exact) mass is 478 g/mol. The first-order valence-corrected chi connectivity index (χ1v) is 12.4. The van der Waals surface area contributed by atoms with Crippen LogP contribution in [0, 0.1) is 5.41 Å². The SMILES string of the molecule is CCC[C@@H](CC(=O)N1CCC(C)(C)C1C(=O)O)NC(=O)OCC1c2ccccc2-c2ccccc21. The van der Waals surface area contributed by atoms with E-state index >= 15 is 0 Å². The van der Waals surface area contributed by atoms with Crippen molar-refractivity contribution in [3.05, 3.63) is 59.7 Å². The fraction of sp³-hybridized carbons (Fsp3) is 0.464. The number of hydrogen-bond acceptors (Lipinski definition) is 4. The Kier molecular flexibility index (Phi) is 7.15. The molecular formula is C28H34N2O5. The number of likely N-dealkylation sites (tertiary alicyclic amines) is 1. The van der Waals surface area contributed by atoms with Crippen LogP contribution in [0.2, 0.25) is 0 Å². The minimum atomic E-state index is -0.989. The predicted octanol–water partition coefficient (Wildman–Crippen LogP) is 4.80. The lowest BCUT2D eigenvalue weighted by Gasteiger charge is -2.30. The van der Waals surface area contributed by atoms with Crippen molar-refractivity contribution >= 4 is 18.0 Å². The largest absolute Gasteiger partial charge is 0.480 e. The zero-order valence-corrected chi connectivity index (χ0v) is 20.6. The van der Waals surface area contributed by atoms with Crippen molar-refractivity contribution in [1.29, 1.82) is 0 Å². The average Bonchev–Trinajstić information content (AvgIpc) is 3.32. The summed E-state index contributed by atoms with van der Waals surface area (Å²) in [6.45, 7) is 6.34. The summed E-state index contributed by atoms with van der Waals surface area (Å²) < 4.78 is 5.65. The van der Waals surface area contributed by atoms with Crippen molar-refractivity contribution in [2.45, 2.75) is 64.5 Å². The first-order chi connectivity index (χ1) is 16.7. The molecule has 2 aromatic carbocycles. The molecule has 1 fully saturated rings. The van der Waals surface area contributed by atoms with E-state index in [4.69, 9.17) is 4.74 Å². The molecule has 0 aromatic heterocycles. The van der Waals surface area contributed by atoms with Crippen molar-refractivity contribution < 1.29 is 24.2 Å². The fourth-order valence-electron chi connectivity index (χ4n) is 5.54. The van der Waals surface area contributed by atoms with Gasteiger partial charge in [-0.25, -0.2) is 9.59 Å². The third kappa shape index (κ3) is 5.04. The van der Waals surface area contributed by atoms with Crippen molar-refractivity contribution in [2.75, 3.05) is 13.2 Å². The summed E-state index contributed by atoms with van der Waals surface area (Å²) in [4.78, 5) is 39.0. The van der Waals surface area contributed by atoms with Gasteiger partial charge < -0.3 is 20.1 Å². The number of amides is 2. The minimum absolute atomic E-state index is 0.0393. The average molecular weight is 479 g/mol. The van der Waals surface area contributed by atoms with Gasteiger partial charge in [-0.1, -0.05) is 75.7 Å². The first-order valence-electron chi connectivity index (χ1n) is 12.4. The molecule has 7 nitrogen and oxygen atoms in total. The lowest BCUT2D eigenvalue weighted by molar-refractivity contribution is -0.151. The second-order valence-corrected chi connectivity index (χ2v) is 10.2. The summed E-state index contributed by atoms with van der Waals surface area (Å²) in [6.07, 6.45) is 1.50. The molecule has 1 aliphatic heterocycles. The molecule has 7 heteroatoms. The number of nitrogens with one attached hydrogen (secondary N) is 1. The number of fused-ring (bicyclic) bond motifs is 3. The summed E-state index contributed by atoms with van der Waals surface area (Å²) in [5, 5.41) is 12.5. The van der Waals surface area contributed by atoms with Gasteiger partial charge in [-0.2, -0.15) is 0 Å². The maximum absolute atomic E-state index is 13.0. The number of carboxylic acid groups (broad SMARTS) is 1. The molecule has 1 unspecified atom stereocenters. The molecule has 2 amide bonds. The van der Waals surface area contributed by atoms with Gasteiger partial charge in [0.2, 0.25) is 5.91 Å². The molecule has 2 aromatic rings. The van der Waals surface area contributed by atoms with E-state index in [0.717, 1.165) is 28.7 Å². The highest BCUT2D eigenvalue weighted by Gasteiger charge is 2.47. The molecule has 0 radical (unpaired) electrons. The Morgan fingerprint density at radius 2 is 1.69 bits per heavy atom. The molecule has 186 valence electrons. The lowest BCUT2D eigenvalue weighted by atomic mass is 9.85. The molecule has 0 saturated carbocycles. The molecule has 35 heavy (non-hydrogen) atoms. The Morgan fingerprint density at radius 3 is 2.26 bits per heavy atom. The Bertz CT molecular complexity index is 1070. The van der Waals surface area contributed by atoms with Crippen LogP contribution in [0.3, 0.4) is 0 Å². The Balaban J connectivity index is 1.38. The summed E-state index contributed by atoms with van der Waals surface area (Å²) in [7, 11) is 0. The summed E-state index contributed by atoms with van der Waals surface area (Å²) in [5.41, 5.74) is 4.11. The van der Waals surface area contributed by atoms with E-state index in [0.29, 0.717) is 19.4 Å². The maximum atomic E-state index is 13.0. The molecule has 1 saturated heterocycles. The van der Waals surface area contributed by atoms with Crippen LogP contribution in [0.25, 0.3) is 11.1 Å². The van der Waals surface area contributed by atoms with Gasteiger partial charge in [-0.05, 0) is 40.5 Å². The van der Waals surface area contributed by atoms with Gasteiger partial charge in [0, 0.05) is 24.9 Å². The van der Waals surface area contributed by atoms with E-state index in [2.05, 4.69) is 29.6 Å². The van der Waals surface area contributed by atoms with Gasteiger partial charge in [-0.3, -0.25) is 4.79 Å². The van der Waals surface area contributed by atoms with Crippen LogP contribution in [0.5, 0.6) is 0 Å². The van der Waals surface area contributed by atoms with Crippen molar-refractivity contribution in [1.82, 2.24) is 10.2 Å². The fourth-order valence-corrected chi connectivity index (χ4v) is 5.54. The van der Waals surface area contributed by atoms with E-state index in [-0.39, 0.29) is 24.9 Å². The number of hydrogen-bond donors (Lipinski definition) is 2. The van der Waals surface area contributed by atoms with Crippen LogP contribution in [0.1, 0.15) is 63.5 Å². The van der Waals surface area contributed by atoms with Gasteiger partial charge in [0.15, 0.2) is 0 Å². The molecule has 0 spiro atoms. The van der Waals surface area contributed by atoms with Gasteiger partial charge in [0.05, 0.1) is 0 Å². The summed E-state index contributed by atoms with van der Waals surface area (Å²) in [6, 6.07) is 15.0. The topological polar surface area (TPSA) is 95.9 Å². The van der Waals surface area contributed by atoms with Crippen molar-refractivity contribution in [2.24, 2.45) is 5.41 Å². The number of ether oxygens (including phenoxy) is 1. The maximum Gasteiger partial charge on any atom is 0.407 e. The number of carbonyl (C=O) groups is 3. The minimum Gasteiger partial charge on any atom is -0.480 e. The van der Waals surface area contributed by atoms with Crippen LogP contribution < -0.4 is 5.32 Å². The highest BCUT2D eigenvalue weighted by molar-refractivity contribution is 5.85. The van der Waals surface area contributed by atoms with Crippen LogP contribution >= 0.6 is 0 Å². The number of benzene rings is 2. The predicted molar refractivity (Wildman–Crippen MR) is 133 cm³/mol. The number of aliphatic carboxylic acids is 1. The van der Waals surface area contributed by atoms with Gasteiger partial charge >= 0.3 is 12.1 Å². The van der Waals surface area contributed by atoms with E-state index in [1.165, 1.54) is 4.90 Å². The standard InChI is InChI=1S/C28H34N2O5/c1-4-9-18(16-24(31)30-15-14-28(2,3)25(30)26(32)33)29-27(34)35-17-23-21-12-7-5-10-19(21)20-11-6-8-13-22(20)23/h5-8,10-13,18,23,25H,4,9,14-17H2,1-3H3,(H,29,34)(H,32,33)/t18-,25?/m0/s1. The Hall–Kier alpha value is -3.35. The van der Waals surface area contributed by atoms with Crippen LogP contribution in [-0.2, 0) is 14.3 Å². The lowest BCUT2D eigenvalue weighted by Crippen LogP contribution is -2.48. The quantitative estimate of drug-likeness (QED) is 0.568. The molecule has 2 N–H and O–H groups in total. The molecule has 1 heterocycles. The smallest absolute Gasteiger partial charge is 0.407 e. The summed E-state index contributed by atoms with van der Waals surface area (Å²) in [5.74, 6) is -1.28. The van der Waals surface area contributed by atoms with Crippen molar-refractivity contribution in [3.8, 4) is 11.1 Å². The Morgan fingerprint density at radius 1 is 1.09 bits per heavy atom. The highest BCUT2D eigenvalue weighted by Crippen LogP contribution is 2.44. The summed E-state index contributed by atoms with van der Waals surface area (Å²) >= 11 is 0. The number of nitrogens with zero attached hydrogens (tertiary/aromatic N) is 1. The van der Waals surface area contributed by atoms with E-state index in [9.17, 15) is 19.5 Å². The van der Waals surface area contributed by atoms with E-state index < -0.39 is 29.6 Å². The van der Waals surface area contributed by atoms with E-state index in [1.807, 2.05) is 45.0 Å². The van der Waals surface area contributed by atoms with Gasteiger partial charge in [-0.15, -0.1) is 0 Å². The van der Waals surface area contributed by atoms with Crippen LogP contribution in [-0.4, -0.2) is 53.2 Å². The van der Waals surface area contributed by atoms with E-state index in [1.54, 1.807) is 0 Å². The van der Waals surface area contributed by atoms with Gasteiger partial charge in [0.25, 0.3) is 0 Å². The third-order valence-corrected chi connectivity index (χ3v) is 7.33. The number of alkyl carbamates (subject to hydrolysis) is 1. The third-order valence-electron chi connectivity index (χ3n) is 7.33. The number of carboxylic acids is 1. The molecule has 1 aliphatic carbocycles. The highest BCUT2D eigenvalue weighted by atomic mass is 16.5. The normalized spacial score (nSPS) is 19.1. The second-order valence-electron chi connectivity index (χ2n) is 10.2. The number of carbonyl (C=O) groups excluding carboxylic acids is 2. The second kappa shape index (κ2) is 10.1. The molecule has 2 aliphatic rings. The van der Waals surface area contributed by atoms with Crippen LogP contribution in [0.4, 0.5) is 4.79 Å². The van der Waals surface area contributed by atoms with Crippen molar-refractivity contribution in [3.63, 3.8) is 0 Å². The Labute approximate surface area is 206 Å². The zero-order valence-electron chi connectivity index (χ0n) is 20.6. The number of rotatable bonds is 8. The molecule has 2 atom stereocenters.